The Morgan fingerprint density at radius 2 is 1.97 bits per heavy atom. The van der Waals surface area contributed by atoms with Crippen LogP contribution in [-0.2, 0) is 19.0 Å². The van der Waals surface area contributed by atoms with Gasteiger partial charge in [-0.3, -0.25) is 4.79 Å². The summed E-state index contributed by atoms with van der Waals surface area (Å²) < 4.78 is 22.0. The average molecular weight is 472 g/mol. The Morgan fingerprint density at radius 1 is 1.18 bits per heavy atom. The average Bonchev–Trinajstić information content (AvgIpc) is 3.16. The first kappa shape index (κ1) is 20.9. The second-order valence-corrected chi connectivity index (χ2v) is 9.05. The second kappa shape index (κ2) is 7.95. The van der Waals surface area contributed by atoms with Crippen LogP contribution in [0.5, 0.6) is 6.01 Å². The first-order valence-electron chi connectivity index (χ1n) is 10.8. The van der Waals surface area contributed by atoms with Gasteiger partial charge in [0.05, 0.1) is 42.5 Å². The summed E-state index contributed by atoms with van der Waals surface area (Å²) in [5.41, 5.74) is 3.69. The highest BCUT2D eigenvalue weighted by atomic mass is 35.5. The second-order valence-electron chi connectivity index (χ2n) is 8.65. The van der Waals surface area contributed by atoms with E-state index < -0.39 is 6.10 Å². The van der Waals surface area contributed by atoms with Crippen LogP contribution in [0.25, 0.3) is 22.4 Å². The summed E-state index contributed by atoms with van der Waals surface area (Å²) in [5, 5.41) is 10.4. The molecule has 2 aromatic heterocycles. The minimum atomic E-state index is -0.639. The lowest BCUT2D eigenvalue weighted by molar-refractivity contribution is -0.142. The number of pyridine rings is 1. The summed E-state index contributed by atoms with van der Waals surface area (Å²) >= 11 is 6.52. The van der Waals surface area contributed by atoms with E-state index in [4.69, 9.17) is 30.5 Å². The molecule has 1 aromatic carbocycles. The Morgan fingerprint density at radius 3 is 2.76 bits per heavy atom. The van der Waals surface area contributed by atoms with E-state index >= 15 is 0 Å². The maximum atomic E-state index is 11.7. The van der Waals surface area contributed by atoms with E-state index in [1.165, 1.54) is 7.11 Å². The lowest BCUT2D eigenvalue weighted by atomic mass is 10.0. The number of ether oxygens (including phenoxy) is 4. The summed E-state index contributed by atoms with van der Waals surface area (Å²) in [5.74, 6) is -0.0152. The molecule has 6 atom stereocenters. The molecule has 3 fully saturated rings. The van der Waals surface area contributed by atoms with Crippen molar-refractivity contribution in [3.05, 3.63) is 40.9 Å². The van der Waals surface area contributed by atoms with Gasteiger partial charge in [-0.2, -0.15) is 4.98 Å². The highest BCUT2D eigenvalue weighted by Crippen LogP contribution is 2.48. The monoisotopic (exact) mass is 471 g/mol. The van der Waals surface area contributed by atoms with Gasteiger partial charge in [-0.15, -0.1) is 0 Å². The third kappa shape index (κ3) is 3.65. The quantitative estimate of drug-likeness (QED) is 0.545. The van der Waals surface area contributed by atoms with Gasteiger partial charge in [0, 0.05) is 5.56 Å². The lowest BCUT2D eigenvalue weighted by Gasteiger charge is -2.15. The van der Waals surface area contributed by atoms with Gasteiger partial charge in [0.25, 0.3) is 6.01 Å². The molecule has 3 aromatic rings. The van der Waals surface area contributed by atoms with E-state index in [0.717, 1.165) is 17.5 Å². The number of carbonyl (C=O) groups excluding carboxylic acids is 1. The summed E-state index contributed by atoms with van der Waals surface area (Å²) in [6.45, 7) is 0.547. The van der Waals surface area contributed by atoms with E-state index in [2.05, 4.69) is 15.0 Å². The predicted octanol–water partition coefficient (Wildman–Crippen LogP) is 2.46. The summed E-state index contributed by atoms with van der Waals surface area (Å²) in [6.07, 6.45) is -0.902. The van der Waals surface area contributed by atoms with Crippen molar-refractivity contribution in [1.29, 1.82) is 0 Å². The zero-order valence-corrected chi connectivity index (χ0v) is 18.5. The number of H-pyrrole nitrogens is 1. The number of nitrogens with zero attached hydrogens (tertiary/aromatic N) is 2. The molecule has 10 heteroatoms. The topological polar surface area (TPSA) is 116 Å². The molecule has 1 aliphatic carbocycles. The standard InChI is InChI=1S/C23H22ClN3O6/c1-30-22(29)13-6-12(13)10-2-4-11(5-3-10)18-14(24)7-15-21(26-18)27-23(25-15)33-17-9-32-19-16(28)8-31-20(17)19/h2-5,7,12-13,16-17,19-20,28H,6,8-9H2,1H3,(H,25,26,27)/t12?,13?,16-,17-,19-,20-/m1/s1. The van der Waals surface area contributed by atoms with Crippen LogP contribution in [0.3, 0.4) is 0 Å². The van der Waals surface area contributed by atoms with Crippen molar-refractivity contribution in [2.24, 2.45) is 5.92 Å². The van der Waals surface area contributed by atoms with Crippen molar-refractivity contribution < 1.29 is 28.8 Å². The van der Waals surface area contributed by atoms with Gasteiger partial charge in [0.1, 0.15) is 18.3 Å². The molecule has 0 bridgehead atoms. The number of hydrogen-bond donors (Lipinski definition) is 2. The molecule has 9 nitrogen and oxygen atoms in total. The number of esters is 1. The number of imidazole rings is 1. The lowest BCUT2D eigenvalue weighted by Crippen LogP contribution is -2.34. The molecule has 0 radical (unpaired) electrons. The summed E-state index contributed by atoms with van der Waals surface area (Å²) in [4.78, 5) is 23.9. The predicted molar refractivity (Wildman–Crippen MR) is 117 cm³/mol. The Hall–Kier alpha value is -2.72. The normalized spacial score (nSPS) is 30.4. The third-order valence-electron chi connectivity index (χ3n) is 6.56. The van der Waals surface area contributed by atoms with E-state index in [1.54, 1.807) is 6.07 Å². The number of rotatable bonds is 5. The van der Waals surface area contributed by atoms with Gasteiger partial charge in [-0.1, -0.05) is 35.9 Å². The highest BCUT2D eigenvalue weighted by Gasteiger charge is 2.48. The number of benzene rings is 1. The molecule has 2 aliphatic heterocycles. The Bertz CT molecular complexity index is 1210. The molecule has 2 saturated heterocycles. The van der Waals surface area contributed by atoms with Crippen LogP contribution < -0.4 is 4.74 Å². The van der Waals surface area contributed by atoms with Crippen LogP contribution in [0.15, 0.2) is 30.3 Å². The molecule has 1 saturated carbocycles. The van der Waals surface area contributed by atoms with Crippen molar-refractivity contribution in [3.63, 3.8) is 0 Å². The minimum absolute atomic E-state index is 0.0557. The fraction of sp³-hybridized carbons (Fsp3) is 0.435. The van der Waals surface area contributed by atoms with Crippen molar-refractivity contribution in [2.75, 3.05) is 20.3 Å². The fourth-order valence-electron chi connectivity index (χ4n) is 4.71. The molecule has 4 heterocycles. The molecule has 2 unspecified atom stereocenters. The molecule has 0 amide bonds. The van der Waals surface area contributed by atoms with Crippen LogP contribution in [-0.4, -0.2) is 70.8 Å². The number of hydrogen-bond acceptors (Lipinski definition) is 8. The SMILES string of the molecule is COC(=O)C1CC1c1ccc(-c2nc3nc(O[C@@H]4CO[C@H]5[C@@H]4OC[C@H]5O)[nH]c3cc2Cl)cc1. The van der Waals surface area contributed by atoms with Gasteiger partial charge in [-0.05, 0) is 24.0 Å². The number of aromatic amines is 1. The molecular weight excluding hydrogens is 450 g/mol. The largest absolute Gasteiger partial charge is 0.469 e. The van der Waals surface area contributed by atoms with Crippen LogP contribution >= 0.6 is 11.6 Å². The molecule has 172 valence electrons. The van der Waals surface area contributed by atoms with E-state index in [9.17, 15) is 9.90 Å². The number of methoxy groups -OCH3 is 1. The van der Waals surface area contributed by atoms with Crippen LogP contribution in [0.1, 0.15) is 17.9 Å². The third-order valence-corrected chi connectivity index (χ3v) is 6.84. The van der Waals surface area contributed by atoms with E-state index in [0.29, 0.717) is 34.5 Å². The van der Waals surface area contributed by atoms with Crippen molar-refractivity contribution in [1.82, 2.24) is 15.0 Å². The zero-order valence-electron chi connectivity index (χ0n) is 17.7. The van der Waals surface area contributed by atoms with Gasteiger partial charge in [-0.25, -0.2) is 4.98 Å². The Labute approximate surface area is 194 Å². The number of carbonyl (C=O) groups is 1. The van der Waals surface area contributed by atoms with Gasteiger partial charge in [0.15, 0.2) is 11.8 Å². The Kier molecular flexibility index (Phi) is 5.02. The maximum absolute atomic E-state index is 11.7. The van der Waals surface area contributed by atoms with Gasteiger partial charge < -0.3 is 29.0 Å². The summed E-state index contributed by atoms with van der Waals surface area (Å²) in [7, 11) is 1.42. The molecule has 33 heavy (non-hydrogen) atoms. The highest BCUT2D eigenvalue weighted by molar-refractivity contribution is 6.33. The van der Waals surface area contributed by atoms with E-state index in [1.807, 2.05) is 24.3 Å². The maximum Gasteiger partial charge on any atom is 0.309 e. The number of aliphatic hydroxyl groups excluding tert-OH is 1. The molecule has 6 rings (SSSR count). The fourth-order valence-corrected chi connectivity index (χ4v) is 4.97. The molecule has 0 spiro atoms. The molecule has 2 N–H and O–H groups in total. The number of fused-ring (bicyclic) bond motifs is 2. The number of aromatic nitrogens is 3. The zero-order chi connectivity index (χ0) is 22.7. The number of halogens is 1. The van der Waals surface area contributed by atoms with Crippen LogP contribution in [0.4, 0.5) is 0 Å². The minimum Gasteiger partial charge on any atom is -0.469 e. The number of aliphatic hydroxyl groups is 1. The van der Waals surface area contributed by atoms with Crippen LogP contribution in [0.2, 0.25) is 5.02 Å². The van der Waals surface area contributed by atoms with Gasteiger partial charge >= 0.3 is 5.97 Å². The van der Waals surface area contributed by atoms with E-state index in [-0.39, 0.29) is 42.7 Å². The molecule has 3 aliphatic rings. The Balaban J connectivity index is 1.21. The smallest absolute Gasteiger partial charge is 0.309 e. The first-order valence-corrected chi connectivity index (χ1v) is 11.2. The van der Waals surface area contributed by atoms with Crippen molar-refractivity contribution in [2.45, 2.75) is 36.8 Å². The molecular formula is C23H22ClN3O6. The van der Waals surface area contributed by atoms with Crippen LogP contribution in [0, 0.1) is 5.92 Å². The number of nitrogens with one attached hydrogen (secondary N) is 1. The summed E-state index contributed by atoms with van der Waals surface area (Å²) in [6, 6.07) is 9.96. The first-order chi connectivity index (χ1) is 16.0. The van der Waals surface area contributed by atoms with Crippen molar-refractivity contribution in [3.8, 4) is 17.3 Å². The van der Waals surface area contributed by atoms with Gasteiger partial charge in [0.2, 0.25) is 0 Å². The van der Waals surface area contributed by atoms with Crippen molar-refractivity contribution >= 4 is 28.7 Å².